The van der Waals surface area contributed by atoms with Crippen LogP contribution in [0.15, 0.2) is 54.9 Å². The van der Waals surface area contributed by atoms with Gasteiger partial charge in [-0.25, -0.2) is 0 Å². The third-order valence-electron chi connectivity index (χ3n) is 3.11. The molecule has 104 valence electrons. The Balaban J connectivity index is 1.79. The molecule has 2 aromatic heterocycles. The number of hydrogen-bond acceptors (Lipinski definition) is 4. The summed E-state index contributed by atoms with van der Waals surface area (Å²) in [5.41, 5.74) is 8.44. The van der Waals surface area contributed by atoms with Crippen molar-refractivity contribution in [2.75, 3.05) is 11.1 Å². The molecule has 5 heteroatoms. The van der Waals surface area contributed by atoms with Gasteiger partial charge < -0.3 is 11.1 Å². The first-order valence-electron chi connectivity index (χ1n) is 6.56. The molecule has 0 aliphatic carbocycles. The van der Waals surface area contributed by atoms with Crippen molar-refractivity contribution in [2.24, 2.45) is 0 Å². The maximum absolute atomic E-state index is 12.1. The first-order valence-corrected chi connectivity index (χ1v) is 6.56. The minimum absolute atomic E-state index is 0.122. The van der Waals surface area contributed by atoms with E-state index in [2.05, 4.69) is 15.3 Å². The molecule has 0 saturated heterocycles. The van der Waals surface area contributed by atoms with E-state index >= 15 is 0 Å². The number of carbonyl (C=O) groups is 1. The summed E-state index contributed by atoms with van der Waals surface area (Å²) in [6.07, 6.45) is 3.48. The Hall–Kier alpha value is -2.95. The average molecular weight is 278 g/mol. The van der Waals surface area contributed by atoms with Crippen molar-refractivity contribution < 1.29 is 4.79 Å². The van der Waals surface area contributed by atoms with E-state index in [1.54, 1.807) is 24.5 Å². The molecule has 0 unspecified atom stereocenters. The summed E-state index contributed by atoms with van der Waals surface area (Å²) >= 11 is 0. The Kier molecular flexibility index (Phi) is 3.47. The Labute approximate surface area is 121 Å². The van der Waals surface area contributed by atoms with E-state index in [-0.39, 0.29) is 12.3 Å². The van der Waals surface area contributed by atoms with E-state index in [1.165, 1.54) is 0 Å². The third-order valence-corrected chi connectivity index (χ3v) is 3.11. The zero-order valence-corrected chi connectivity index (χ0v) is 11.3. The largest absolute Gasteiger partial charge is 0.397 e. The van der Waals surface area contributed by atoms with Gasteiger partial charge in [-0.2, -0.15) is 0 Å². The van der Waals surface area contributed by atoms with Crippen LogP contribution in [0.2, 0.25) is 0 Å². The van der Waals surface area contributed by atoms with Gasteiger partial charge in [-0.05, 0) is 36.4 Å². The number of carbonyl (C=O) groups excluding carboxylic acids is 1. The number of rotatable bonds is 3. The molecule has 3 N–H and O–H groups in total. The quantitative estimate of drug-likeness (QED) is 0.770. The van der Waals surface area contributed by atoms with E-state index in [1.807, 2.05) is 30.3 Å². The minimum atomic E-state index is -0.122. The second-order valence-corrected chi connectivity index (χ2v) is 4.68. The molecule has 0 fully saturated rings. The van der Waals surface area contributed by atoms with Gasteiger partial charge in [0, 0.05) is 17.3 Å². The SMILES string of the molecule is Nc1ccc(CC(=O)Nc2cccc3ncccc23)nc1. The van der Waals surface area contributed by atoms with Crippen LogP contribution in [0.4, 0.5) is 11.4 Å². The monoisotopic (exact) mass is 278 g/mol. The van der Waals surface area contributed by atoms with Crippen LogP contribution in [-0.4, -0.2) is 15.9 Å². The van der Waals surface area contributed by atoms with Crippen molar-refractivity contribution in [1.29, 1.82) is 0 Å². The maximum atomic E-state index is 12.1. The molecule has 2 heterocycles. The summed E-state index contributed by atoms with van der Waals surface area (Å²) in [7, 11) is 0. The summed E-state index contributed by atoms with van der Waals surface area (Å²) in [6.45, 7) is 0. The van der Waals surface area contributed by atoms with Crippen molar-refractivity contribution in [1.82, 2.24) is 9.97 Å². The van der Waals surface area contributed by atoms with E-state index in [9.17, 15) is 4.79 Å². The summed E-state index contributed by atoms with van der Waals surface area (Å²) in [5, 5.41) is 3.81. The first kappa shape index (κ1) is 13.1. The fourth-order valence-corrected chi connectivity index (χ4v) is 2.11. The summed E-state index contributed by atoms with van der Waals surface area (Å²) in [4.78, 5) is 20.5. The van der Waals surface area contributed by atoms with E-state index < -0.39 is 0 Å². The van der Waals surface area contributed by atoms with Crippen LogP contribution in [0.5, 0.6) is 0 Å². The molecule has 21 heavy (non-hydrogen) atoms. The van der Waals surface area contributed by atoms with Gasteiger partial charge in [0.05, 0.1) is 29.5 Å². The second kappa shape index (κ2) is 5.58. The minimum Gasteiger partial charge on any atom is -0.397 e. The lowest BCUT2D eigenvalue weighted by atomic mass is 10.1. The van der Waals surface area contributed by atoms with Crippen molar-refractivity contribution >= 4 is 28.2 Å². The molecule has 0 aliphatic rings. The lowest BCUT2D eigenvalue weighted by Crippen LogP contribution is -2.15. The molecule has 3 aromatic rings. The summed E-state index contributed by atoms with van der Waals surface area (Å²) in [5.74, 6) is -0.122. The zero-order valence-electron chi connectivity index (χ0n) is 11.3. The van der Waals surface area contributed by atoms with Crippen LogP contribution < -0.4 is 11.1 Å². The molecule has 0 aliphatic heterocycles. The van der Waals surface area contributed by atoms with Gasteiger partial charge in [0.2, 0.25) is 5.91 Å². The summed E-state index contributed by atoms with van der Waals surface area (Å²) < 4.78 is 0. The molecule has 0 saturated carbocycles. The Morgan fingerprint density at radius 3 is 2.81 bits per heavy atom. The van der Waals surface area contributed by atoms with Gasteiger partial charge in [0.1, 0.15) is 0 Å². The van der Waals surface area contributed by atoms with Crippen LogP contribution in [0, 0.1) is 0 Å². The highest BCUT2D eigenvalue weighted by molar-refractivity contribution is 6.01. The van der Waals surface area contributed by atoms with Gasteiger partial charge in [0.15, 0.2) is 0 Å². The van der Waals surface area contributed by atoms with E-state index in [4.69, 9.17) is 5.73 Å². The predicted molar refractivity (Wildman–Crippen MR) is 82.7 cm³/mol. The molecule has 0 bridgehead atoms. The number of aromatic nitrogens is 2. The van der Waals surface area contributed by atoms with Gasteiger partial charge in [-0.15, -0.1) is 0 Å². The maximum Gasteiger partial charge on any atom is 0.230 e. The molecule has 5 nitrogen and oxygen atoms in total. The Bertz CT molecular complexity index is 778. The van der Waals surface area contributed by atoms with Crippen molar-refractivity contribution in [3.63, 3.8) is 0 Å². The lowest BCUT2D eigenvalue weighted by molar-refractivity contribution is -0.115. The standard InChI is InChI=1S/C16H14N4O/c17-11-6-7-12(19-10-11)9-16(21)20-15-5-1-4-14-13(15)3-2-8-18-14/h1-8,10H,9,17H2,(H,20,21). The highest BCUT2D eigenvalue weighted by Gasteiger charge is 2.07. The number of hydrogen-bond donors (Lipinski definition) is 2. The highest BCUT2D eigenvalue weighted by atomic mass is 16.1. The molecule has 1 amide bonds. The van der Waals surface area contributed by atoms with Crippen LogP contribution in [0.25, 0.3) is 10.9 Å². The molecule has 0 spiro atoms. The molecular weight excluding hydrogens is 264 g/mol. The van der Waals surface area contributed by atoms with Crippen LogP contribution >= 0.6 is 0 Å². The fourth-order valence-electron chi connectivity index (χ4n) is 2.11. The van der Waals surface area contributed by atoms with Crippen LogP contribution in [-0.2, 0) is 11.2 Å². The summed E-state index contributed by atoms with van der Waals surface area (Å²) in [6, 6.07) is 12.9. The smallest absolute Gasteiger partial charge is 0.230 e. The molecule has 0 atom stereocenters. The lowest BCUT2D eigenvalue weighted by Gasteiger charge is -2.08. The number of amides is 1. The molecule has 0 radical (unpaired) electrons. The van der Waals surface area contributed by atoms with Gasteiger partial charge in [-0.1, -0.05) is 6.07 Å². The van der Waals surface area contributed by atoms with E-state index in [0.29, 0.717) is 11.4 Å². The van der Waals surface area contributed by atoms with Gasteiger partial charge in [-0.3, -0.25) is 14.8 Å². The predicted octanol–water partition coefficient (Wildman–Crippen LogP) is 2.39. The van der Waals surface area contributed by atoms with Crippen molar-refractivity contribution in [3.05, 3.63) is 60.6 Å². The molecule has 3 rings (SSSR count). The van der Waals surface area contributed by atoms with Crippen molar-refractivity contribution in [3.8, 4) is 0 Å². The molecule has 1 aromatic carbocycles. The van der Waals surface area contributed by atoms with Crippen LogP contribution in [0.3, 0.4) is 0 Å². The fraction of sp³-hybridized carbons (Fsp3) is 0.0625. The van der Waals surface area contributed by atoms with Gasteiger partial charge in [0.25, 0.3) is 0 Å². The molecular formula is C16H14N4O. The number of nitrogens with two attached hydrogens (primary N) is 1. The Morgan fingerprint density at radius 2 is 2.00 bits per heavy atom. The number of nitrogens with one attached hydrogen (secondary N) is 1. The number of benzene rings is 1. The average Bonchev–Trinajstić information content (AvgIpc) is 2.50. The zero-order chi connectivity index (χ0) is 14.7. The number of anilines is 2. The third kappa shape index (κ3) is 2.97. The number of fused-ring (bicyclic) bond motifs is 1. The number of nitrogens with zero attached hydrogens (tertiary/aromatic N) is 2. The number of nitrogen functional groups attached to an aromatic ring is 1. The highest BCUT2D eigenvalue weighted by Crippen LogP contribution is 2.21. The topological polar surface area (TPSA) is 80.9 Å². The first-order chi connectivity index (χ1) is 10.2. The normalized spacial score (nSPS) is 10.5. The van der Waals surface area contributed by atoms with Gasteiger partial charge >= 0.3 is 0 Å². The second-order valence-electron chi connectivity index (χ2n) is 4.68. The Morgan fingerprint density at radius 1 is 1.10 bits per heavy atom. The van der Waals surface area contributed by atoms with Crippen LogP contribution in [0.1, 0.15) is 5.69 Å². The number of pyridine rings is 2. The van der Waals surface area contributed by atoms with Crippen molar-refractivity contribution in [2.45, 2.75) is 6.42 Å². The van der Waals surface area contributed by atoms with E-state index in [0.717, 1.165) is 16.6 Å².